The van der Waals surface area contributed by atoms with Crippen LogP contribution in [0.5, 0.6) is 0 Å². The van der Waals surface area contributed by atoms with Crippen LogP contribution in [0.1, 0.15) is 40.5 Å². The minimum Gasteiger partial charge on any atom is -0.428 e. The molecule has 0 saturated heterocycles. The molecule has 10 heteroatoms. The van der Waals surface area contributed by atoms with Gasteiger partial charge in [-0.05, 0) is 50.6 Å². The molecule has 150 valence electrons. The van der Waals surface area contributed by atoms with Gasteiger partial charge in [0.2, 0.25) is 0 Å². The second-order valence-electron chi connectivity index (χ2n) is 6.19. The molecule has 0 aliphatic heterocycles. The highest BCUT2D eigenvalue weighted by Gasteiger charge is 2.29. The Labute approximate surface area is 152 Å². The van der Waals surface area contributed by atoms with Crippen molar-refractivity contribution in [2.24, 2.45) is 0 Å². The first kappa shape index (κ1) is 23.9. The van der Waals surface area contributed by atoms with Gasteiger partial charge in [0, 0.05) is 0 Å². The van der Waals surface area contributed by atoms with Gasteiger partial charge in [0.1, 0.15) is 24.4 Å². The molecule has 0 N–H and O–H groups in total. The minimum atomic E-state index is -1.06. The maximum atomic E-state index is 11.1. The van der Waals surface area contributed by atoms with Gasteiger partial charge in [-0.2, -0.15) is 9.78 Å². The van der Waals surface area contributed by atoms with Gasteiger partial charge in [0.15, 0.2) is 0 Å². The number of carbonyl (C=O) groups excluding carboxylic acids is 2. The molecule has 0 atom stereocenters. The van der Waals surface area contributed by atoms with E-state index in [1.54, 1.807) is 27.7 Å². The van der Waals surface area contributed by atoms with Crippen molar-refractivity contribution in [3.63, 3.8) is 0 Å². The quantitative estimate of drug-likeness (QED) is 0.203. The molecule has 0 bridgehead atoms. The fraction of sp³-hybridized carbons (Fsp3) is 0.625. The number of hydrogen-bond acceptors (Lipinski definition) is 10. The van der Waals surface area contributed by atoms with Crippen molar-refractivity contribution in [2.75, 3.05) is 13.2 Å². The summed E-state index contributed by atoms with van der Waals surface area (Å²) in [6.07, 6.45) is 1.46. The van der Waals surface area contributed by atoms with Gasteiger partial charge in [0.25, 0.3) is 0 Å². The molecule has 0 spiro atoms. The summed E-state index contributed by atoms with van der Waals surface area (Å²) in [6.45, 7) is 13.5. The van der Waals surface area contributed by atoms with Crippen LogP contribution in [-0.4, -0.2) is 36.7 Å². The van der Waals surface area contributed by atoms with Crippen LogP contribution in [0.4, 0.5) is 9.59 Å². The highest BCUT2D eigenvalue weighted by atomic mass is 17.5. The van der Waals surface area contributed by atoms with Gasteiger partial charge in [-0.25, -0.2) is 19.4 Å². The summed E-state index contributed by atoms with van der Waals surface area (Å²) in [5, 5.41) is 8.80. The Bertz CT molecular complexity index is 416. The molecular formula is C16H26O10. The molecule has 0 aromatic heterocycles. The van der Waals surface area contributed by atoms with E-state index < -0.39 is 23.5 Å². The normalized spacial score (nSPS) is 11.4. The van der Waals surface area contributed by atoms with Gasteiger partial charge < -0.3 is 9.47 Å². The zero-order valence-electron chi connectivity index (χ0n) is 15.5. The van der Waals surface area contributed by atoms with Crippen molar-refractivity contribution in [3.8, 4) is 0 Å². The van der Waals surface area contributed by atoms with Crippen molar-refractivity contribution in [1.82, 2.24) is 0 Å². The molecule has 0 amide bonds. The number of hydrogen-bond donors (Lipinski definition) is 0. The summed E-state index contributed by atoms with van der Waals surface area (Å²) in [4.78, 5) is 40.7. The molecule has 0 unspecified atom stereocenters. The second kappa shape index (κ2) is 12.3. The lowest BCUT2D eigenvalue weighted by Gasteiger charge is -2.27. The van der Waals surface area contributed by atoms with Crippen molar-refractivity contribution < 1.29 is 48.7 Å². The zero-order chi connectivity index (χ0) is 20.1. The van der Waals surface area contributed by atoms with Gasteiger partial charge in [0.05, 0.1) is 0 Å². The van der Waals surface area contributed by atoms with Crippen LogP contribution < -0.4 is 0 Å². The first-order valence-corrected chi connectivity index (χ1v) is 7.72. The molecule has 10 nitrogen and oxygen atoms in total. The van der Waals surface area contributed by atoms with E-state index in [2.05, 4.69) is 42.5 Å². The molecule has 0 heterocycles. The highest BCUT2D eigenvalue weighted by molar-refractivity contribution is 5.59. The smallest absolute Gasteiger partial charge is 0.428 e. The van der Waals surface area contributed by atoms with Crippen LogP contribution in [0, 0.1) is 0 Å². The fourth-order valence-electron chi connectivity index (χ4n) is 1.26. The Morgan fingerprint density at radius 3 is 1.42 bits per heavy atom. The van der Waals surface area contributed by atoms with Crippen LogP contribution >= 0.6 is 0 Å². The maximum Gasteiger partial charge on any atom is 0.542 e. The highest BCUT2D eigenvalue weighted by Crippen LogP contribution is 2.25. The van der Waals surface area contributed by atoms with E-state index in [0.29, 0.717) is 12.8 Å². The lowest BCUT2D eigenvalue weighted by atomic mass is 9.94. The van der Waals surface area contributed by atoms with Crippen LogP contribution in [-0.2, 0) is 39.1 Å². The van der Waals surface area contributed by atoms with E-state index in [4.69, 9.17) is 9.78 Å². The summed E-state index contributed by atoms with van der Waals surface area (Å²) < 4.78 is 9.06. The van der Waals surface area contributed by atoms with Crippen molar-refractivity contribution >= 4 is 12.3 Å². The Balaban J connectivity index is 4.05. The lowest BCUT2D eigenvalue weighted by Crippen LogP contribution is -2.32. The number of rotatable bonds is 13. The maximum absolute atomic E-state index is 11.1. The third kappa shape index (κ3) is 13.2. The average Bonchev–Trinajstić information content (AvgIpc) is 2.56. The Hall–Kier alpha value is -2.14. The Morgan fingerprint density at radius 1 is 0.769 bits per heavy atom. The molecule has 0 saturated carbocycles. The number of carbonyl (C=O) groups is 2. The molecular weight excluding hydrogens is 352 g/mol. The Kier molecular flexibility index (Phi) is 11.2. The van der Waals surface area contributed by atoms with Gasteiger partial charge in [-0.1, -0.05) is 25.3 Å². The van der Waals surface area contributed by atoms with E-state index in [1.807, 2.05) is 0 Å². The summed E-state index contributed by atoms with van der Waals surface area (Å²) in [7, 11) is 0. The van der Waals surface area contributed by atoms with E-state index in [9.17, 15) is 9.59 Å². The number of ether oxygens (including phenoxy) is 2. The SMILES string of the molecule is C=CCOC(=O)OOOC(C)(C)CCC(C)(C)OOOC(=O)OCC=C. The van der Waals surface area contributed by atoms with Crippen molar-refractivity contribution in [1.29, 1.82) is 0 Å². The van der Waals surface area contributed by atoms with Crippen molar-refractivity contribution in [2.45, 2.75) is 51.7 Å². The first-order valence-electron chi connectivity index (χ1n) is 7.72. The molecule has 0 rings (SSSR count). The van der Waals surface area contributed by atoms with Gasteiger partial charge in [-0.3, -0.25) is 0 Å². The van der Waals surface area contributed by atoms with Crippen LogP contribution in [0.2, 0.25) is 0 Å². The minimum absolute atomic E-state index is 0.0136. The molecule has 0 radical (unpaired) electrons. The van der Waals surface area contributed by atoms with Crippen LogP contribution in [0.3, 0.4) is 0 Å². The molecule has 0 aliphatic carbocycles. The van der Waals surface area contributed by atoms with Gasteiger partial charge in [-0.15, -0.1) is 0 Å². The topological polar surface area (TPSA) is 108 Å². The fourth-order valence-corrected chi connectivity index (χ4v) is 1.26. The van der Waals surface area contributed by atoms with E-state index >= 15 is 0 Å². The van der Waals surface area contributed by atoms with E-state index in [1.165, 1.54) is 12.2 Å². The predicted octanol–water partition coefficient (Wildman–Crippen LogP) is 3.73. The predicted molar refractivity (Wildman–Crippen MR) is 87.0 cm³/mol. The third-order valence-electron chi connectivity index (χ3n) is 2.69. The van der Waals surface area contributed by atoms with Crippen LogP contribution in [0.25, 0.3) is 0 Å². The molecule has 0 aliphatic rings. The lowest BCUT2D eigenvalue weighted by molar-refractivity contribution is -0.524. The summed E-state index contributed by atoms with van der Waals surface area (Å²) in [5.74, 6) is 0. The van der Waals surface area contributed by atoms with Crippen LogP contribution in [0.15, 0.2) is 25.3 Å². The van der Waals surface area contributed by atoms with Crippen molar-refractivity contribution in [3.05, 3.63) is 25.3 Å². The molecule has 0 aromatic carbocycles. The first-order chi connectivity index (χ1) is 12.1. The van der Waals surface area contributed by atoms with E-state index in [0.717, 1.165) is 0 Å². The largest absolute Gasteiger partial charge is 0.542 e. The standard InChI is InChI=1S/C16H26O10/c1-7-11-19-13(17)21-25-23-15(3,4)9-10-16(5,6)24-26-22-14(18)20-12-8-2/h7-8H,1-2,9-12H2,3-6H3. The summed E-state index contributed by atoms with van der Waals surface area (Å²) >= 11 is 0. The second-order valence-corrected chi connectivity index (χ2v) is 6.19. The molecule has 0 fully saturated rings. The Morgan fingerprint density at radius 2 is 1.12 bits per heavy atom. The molecule has 26 heavy (non-hydrogen) atoms. The third-order valence-corrected chi connectivity index (χ3v) is 2.69. The monoisotopic (exact) mass is 378 g/mol. The average molecular weight is 378 g/mol. The van der Waals surface area contributed by atoms with Gasteiger partial charge >= 0.3 is 12.3 Å². The van der Waals surface area contributed by atoms with E-state index in [-0.39, 0.29) is 13.2 Å². The summed E-state index contributed by atoms with van der Waals surface area (Å²) in [6, 6.07) is 0. The molecule has 0 aromatic rings. The summed E-state index contributed by atoms with van der Waals surface area (Å²) in [5.41, 5.74) is -1.66. The zero-order valence-corrected chi connectivity index (χ0v) is 15.5.